The van der Waals surface area contributed by atoms with Gasteiger partial charge in [-0.2, -0.15) is 0 Å². The van der Waals surface area contributed by atoms with Gasteiger partial charge in [-0.05, 0) is 44.4 Å². The summed E-state index contributed by atoms with van der Waals surface area (Å²) in [5.41, 5.74) is -0.619. The fourth-order valence-electron chi connectivity index (χ4n) is 5.56. The van der Waals surface area contributed by atoms with Crippen LogP contribution in [0.3, 0.4) is 0 Å². The van der Waals surface area contributed by atoms with Crippen molar-refractivity contribution in [3.63, 3.8) is 0 Å². The first kappa shape index (κ1) is 19.6. The molecule has 7 heteroatoms. The number of rotatable bonds is 5. The molecule has 1 saturated carbocycles. The van der Waals surface area contributed by atoms with Crippen LogP contribution in [0.1, 0.15) is 59.3 Å². The number of carbonyl (C=O) groups is 1. The van der Waals surface area contributed by atoms with Crippen molar-refractivity contribution in [2.45, 2.75) is 83.3 Å². The number of hydrogen-bond acceptors (Lipinski definition) is 7. The van der Waals surface area contributed by atoms with Crippen molar-refractivity contribution in [2.75, 3.05) is 13.7 Å². The summed E-state index contributed by atoms with van der Waals surface area (Å²) in [6, 6.07) is 0. The van der Waals surface area contributed by atoms with Gasteiger partial charge in [-0.3, -0.25) is 4.79 Å². The lowest BCUT2D eigenvalue weighted by molar-refractivity contribution is -0.576. The van der Waals surface area contributed by atoms with Gasteiger partial charge in [0, 0.05) is 38.4 Å². The number of carbonyl (C=O) groups excluding carboxylic acids is 1. The summed E-state index contributed by atoms with van der Waals surface area (Å²) in [6.07, 6.45) is 3.62. The van der Waals surface area contributed by atoms with Crippen molar-refractivity contribution in [1.29, 1.82) is 0 Å². The molecule has 5 aliphatic rings. The van der Waals surface area contributed by atoms with Crippen LogP contribution in [0.25, 0.3) is 0 Å². The van der Waals surface area contributed by atoms with Gasteiger partial charge in [0.05, 0.1) is 0 Å². The van der Waals surface area contributed by atoms with E-state index in [1.807, 2.05) is 6.92 Å². The van der Waals surface area contributed by atoms with Gasteiger partial charge in [0.15, 0.2) is 11.9 Å². The Morgan fingerprint density at radius 1 is 1.15 bits per heavy atom. The Hall–Kier alpha value is -0.730. The summed E-state index contributed by atoms with van der Waals surface area (Å²) in [5, 5.41) is 0. The summed E-state index contributed by atoms with van der Waals surface area (Å²) < 4.78 is 23.2. The van der Waals surface area contributed by atoms with E-state index in [-0.39, 0.29) is 17.8 Å². The summed E-state index contributed by atoms with van der Waals surface area (Å²) in [7, 11) is 1.62. The Morgan fingerprint density at radius 2 is 1.96 bits per heavy atom. The summed E-state index contributed by atoms with van der Waals surface area (Å²) in [6.45, 7) is 6.79. The lowest BCUT2D eigenvalue weighted by Crippen LogP contribution is -2.70. The monoisotopic (exact) mass is 384 g/mol. The Bertz CT molecular complexity index is 569. The second kappa shape index (κ2) is 7.26. The van der Waals surface area contributed by atoms with E-state index in [4.69, 9.17) is 28.7 Å². The minimum absolute atomic E-state index is 0.0114. The number of hydrogen-bond donors (Lipinski definition) is 0. The second-order valence-electron chi connectivity index (χ2n) is 8.86. The molecule has 0 N–H and O–H groups in total. The SMILES string of the molecule is COCCCC(=O)O[C@H]1O[C@@H]2O[C@@]3(C)CC[C@H]4[C@H](C)CC[C@@H]([C@H]1C)[C@@]24OO3. The molecule has 0 aromatic rings. The van der Waals surface area contributed by atoms with Crippen molar-refractivity contribution < 1.29 is 33.5 Å². The molecular formula is C20H32O7. The number of ether oxygens (including phenoxy) is 4. The summed E-state index contributed by atoms with van der Waals surface area (Å²) in [5.74, 6) is -0.0749. The maximum Gasteiger partial charge on any atom is 0.308 e. The van der Waals surface area contributed by atoms with E-state index >= 15 is 0 Å². The molecule has 0 amide bonds. The number of fused-ring (bicyclic) bond motifs is 2. The maximum absolute atomic E-state index is 12.3. The second-order valence-corrected chi connectivity index (χ2v) is 8.86. The molecule has 5 fully saturated rings. The van der Waals surface area contributed by atoms with Crippen molar-refractivity contribution in [3.8, 4) is 0 Å². The summed E-state index contributed by atoms with van der Waals surface area (Å²) >= 11 is 0. The minimum Gasteiger partial charge on any atom is -0.435 e. The molecule has 4 saturated heterocycles. The van der Waals surface area contributed by atoms with Gasteiger partial charge in [0.2, 0.25) is 12.1 Å². The summed E-state index contributed by atoms with van der Waals surface area (Å²) in [4.78, 5) is 24.1. The minimum atomic E-state index is -0.814. The smallest absolute Gasteiger partial charge is 0.308 e. The molecule has 4 aliphatic heterocycles. The number of methoxy groups -OCH3 is 1. The van der Waals surface area contributed by atoms with Crippen LogP contribution in [0.4, 0.5) is 0 Å². The largest absolute Gasteiger partial charge is 0.435 e. The van der Waals surface area contributed by atoms with Crippen molar-refractivity contribution >= 4 is 5.97 Å². The quantitative estimate of drug-likeness (QED) is 0.409. The normalized spacial score (nSPS) is 48.6. The van der Waals surface area contributed by atoms with Crippen molar-refractivity contribution in [1.82, 2.24) is 0 Å². The molecule has 0 unspecified atom stereocenters. The highest BCUT2D eigenvalue weighted by Gasteiger charge is 2.69. The first-order valence-electron chi connectivity index (χ1n) is 10.3. The fraction of sp³-hybridized carbons (Fsp3) is 0.950. The molecule has 5 rings (SSSR count). The van der Waals surface area contributed by atoms with Crippen LogP contribution in [0, 0.1) is 23.7 Å². The molecule has 1 spiro atoms. The van der Waals surface area contributed by atoms with E-state index in [9.17, 15) is 4.79 Å². The van der Waals surface area contributed by atoms with E-state index < -0.39 is 24.0 Å². The highest BCUT2D eigenvalue weighted by Crippen LogP contribution is 2.60. The average Bonchev–Trinajstić information content (AvgIpc) is 2.86. The lowest BCUT2D eigenvalue weighted by Gasteiger charge is -2.59. The standard InChI is InChI=1S/C20H32O7/c1-12-7-8-15-13(2)17(23-16(21)6-5-11-22-4)24-18-20(15)14(12)9-10-19(3,25-18)26-27-20/h12-15,17-18H,5-11H2,1-4H3/t12-,13-,14+,15+,17+,18-,19-,20-/m1/s1. The Labute approximate surface area is 160 Å². The average molecular weight is 384 g/mol. The third kappa shape index (κ3) is 3.21. The van der Waals surface area contributed by atoms with Crippen LogP contribution in [-0.2, 0) is 33.5 Å². The molecule has 1 aliphatic carbocycles. The maximum atomic E-state index is 12.3. The zero-order valence-corrected chi connectivity index (χ0v) is 16.8. The highest BCUT2D eigenvalue weighted by molar-refractivity contribution is 5.69. The number of esters is 1. The first-order chi connectivity index (χ1) is 12.9. The zero-order valence-electron chi connectivity index (χ0n) is 16.8. The van der Waals surface area contributed by atoms with Gasteiger partial charge >= 0.3 is 5.97 Å². The van der Waals surface area contributed by atoms with E-state index in [1.165, 1.54) is 0 Å². The van der Waals surface area contributed by atoms with Crippen LogP contribution in [0.2, 0.25) is 0 Å². The molecule has 0 aromatic heterocycles. The van der Waals surface area contributed by atoms with Crippen LogP contribution in [0.15, 0.2) is 0 Å². The predicted molar refractivity (Wildman–Crippen MR) is 94.0 cm³/mol. The fourth-order valence-corrected chi connectivity index (χ4v) is 5.56. The Kier molecular flexibility index (Phi) is 5.27. The molecular weight excluding hydrogens is 352 g/mol. The van der Waals surface area contributed by atoms with Crippen molar-refractivity contribution in [2.24, 2.45) is 23.7 Å². The highest BCUT2D eigenvalue weighted by atomic mass is 17.3. The van der Waals surface area contributed by atoms with E-state index in [0.29, 0.717) is 31.3 Å². The molecule has 0 aromatic carbocycles. The predicted octanol–water partition coefficient (Wildman–Crippen LogP) is 3.16. The molecule has 154 valence electrons. The Morgan fingerprint density at radius 3 is 2.74 bits per heavy atom. The molecule has 4 heterocycles. The molecule has 2 bridgehead atoms. The van der Waals surface area contributed by atoms with Gasteiger partial charge < -0.3 is 18.9 Å². The zero-order chi connectivity index (χ0) is 19.2. The van der Waals surface area contributed by atoms with E-state index in [1.54, 1.807) is 7.11 Å². The first-order valence-corrected chi connectivity index (χ1v) is 10.3. The molecule has 0 radical (unpaired) electrons. The Balaban J connectivity index is 1.56. The van der Waals surface area contributed by atoms with Gasteiger partial charge in [-0.1, -0.05) is 13.8 Å². The van der Waals surface area contributed by atoms with Crippen LogP contribution < -0.4 is 0 Å². The van der Waals surface area contributed by atoms with Gasteiger partial charge in [-0.15, -0.1) is 0 Å². The molecule has 8 atom stereocenters. The third-order valence-corrected chi connectivity index (χ3v) is 7.07. The van der Waals surface area contributed by atoms with Gasteiger partial charge in [-0.25, -0.2) is 9.78 Å². The van der Waals surface area contributed by atoms with Crippen LogP contribution in [-0.4, -0.2) is 43.7 Å². The van der Waals surface area contributed by atoms with E-state index in [0.717, 1.165) is 25.7 Å². The van der Waals surface area contributed by atoms with Crippen LogP contribution in [0.5, 0.6) is 0 Å². The van der Waals surface area contributed by atoms with Crippen LogP contribution >= 0.6 is 0 Å². The topological polar surface area (TPSA) is 72.5 Å². The third-order valence-electron chi connectivity index (χ3n) is 7.07. The van der Waals surface area contributed by atoms with Gasteiger partial charge in [0.1, 0.15) is 0 Å². The lowest BCUT2D eigenvalue weighted by atomic mass is 9.58. The molecule has 27 heavy (non-hydrogen) atoms. The van der Waals surface area contributed by atoms with Gasteiger partial charge in [0.25, 0.3) is 0 Å². The molecule has 7 nitrogen and oxygen atoms in total. The van der Waals surface area contributed by atoms with E-state index in [2.05, 4.69) is 13.8 Å². The van der Waals surface area contributed by atoms with Crippen molar-refractivity contribution in [3.05, 3.63) is 0 Å².